The van der Waals surface area contributed by atoms with E-state index in [0.717, 1.165) is 19.3 Å². The molecule has 0 rings (SSSR count). The minimum atomic E-state index is -0.940. The highest BCUT2D eigenvalue weighted by Gasteiger charge is 2.36. The molecule has 0 saturated heterocycles. The van der Waals surface area contributed by atoms with Crippen LogP contribution < -0.4 is 16.0 Å². The van der Waals surface area contributed by atoms with Crippen LogP contribution >= 0.6 is 11.8 Å². The van der Waals surface area contributed by atoms with Gasteiger partial charge in [0.1, 0.15) is 0 Å². The highest BCUT2D eigenvalue weighted by Crippen LogP contribution is 2.21. The topological polar surface area (TPSA) is 108 Å². The fourth-order valence-electron chi connectivity index (χ4n) is 4.15. The zero-order valence-electron chi connectivity index (χ0n) is 23.3. The number of thioether (sulfide) groups is 1. The Hall–Kier alpha value is -1.38. The first-order chi connectivity index (χ1) is 16.4. The van der Waals surface area contributed by atoms with Crippen LogP contribution in [0.5, 0.6) is 0 Å². The Labute approximate surface area is 218 Å². The first-order valence-corrected chi connectivity index (χ1v) is 14.4. The number of carboxylic acids is 1. The van der Waals surface area contributed by atoms with Crippen molar-refractivity contribution in [1.82, 2.24) is 16.0 Å². The lowest BCUT2D eigenvalue weighted by Crippen LogP contribution is -2.58. The summed E-state index contributed by atoms with van der Waals surface area (Å²) in [6.07, 6.45) is 8.03. The molecule has 0 aromatic rings. The number of ketones is 1. The molecule has 0 fully saturated rings. The van der Waals surface area contributed by atoms with Gasteiger partial charge in [0.15, 0.2) is 5.78 Å². The summed E-state index contributed by atoms with van der Waals surface area (Å²) in [5, 5.41) is 19.4. The van der Waals surface area contributed by atoms with Crippen LogP contribution in [0.3, 0.4) is 0 Å². The third-order valence-electron chi connectivity index (χ3n) is 7.56. The standard InChI is InChI=1S/C27H51N3O4S/c1-10-21(35-9)15-19(6)17-29-27(13-4,14-5)23(31)18-28-24(32)22(16-20(7)25(33)34)30-26(8,11-2)12-3/h10,19-22,29-30H,1,11-18H2,2-9H3,(H,28,32)(H,33,34). The van der Waals surface area contributed by atoms with Gasteiger partial charge in [-0.25, -0.2) is 0 Å². The first kappa shape index (κ1) is 33.6. The van der Waals surface area contributed by atoms with E-state index in [4.69, 9.17) is 0 Å². The maximum Gasteiger partial charge on any atom is 0.306 e. The van der Waals surface area contributed by atoms with Gasteiger partial charge in [0, 0.05) is 10.8 Å². The van der Waals surface area contributed by atoms with Crippen molar-refractivity contribution >= 4 is 29.4 Å². The van der Waals surface area contributed by atoms with Gasteiger partial charge in [0.05, 0.1) is 24.0 Å². The van der Waals surface area contributed by atoms with Gasteiger partial charge in [0.2, 0.25) is 5.91 Å². The van der Waals surface area contributed by atoms with E-state index in [1.807, 2.05) is 40.7 Å². The zero-order valence-corrected chi connectivity index (χ0v) is 24.1. The lowest BCUT2D eigenvalue weighted by Gasteiger charge is -2.35. The maximum atomic E-state index is 13.3. The van der Waals surface area contributed by atoms with E-state index in [0.29, 0.717) is 30.6 Å². The summed E-state index contributed by atoms with van der Waals surface area (Å²) in [5.41, 5.74) is -0.998. The van der Waals surface area contributed by atoms with Gasteiger partial charge in [-0.05, 0) is 64.2 Å². The SMILES string of the molecule is C=CC(CC(C)CNC(CC)(CC)C(=O)CNC(=O)C(CC(C)C(=O)O)NC(C)(CC)CC)SC. The molecule has 4 N–H and O–H groups in total. The molecule has 0 aliphatic carbocycles. The van der Waals surface area contributed by atoms with Gasteiger partial charge in [-0.2, -0.15) is 11.8 Å². The summed E-state index contributed by atoms with van der Waals surface area (Å²) in [6.45, 7) is 18.4. The second-order valence-electron chi connectivity index (χ2n) is 10.1. The normalized spacial score (nSPS) is 15.7. The maximum absolute atomic E-state index is 13.3. The molecule has 0 spiro atoms. The van der Waals surface area contributed by atoms with Crippen molar-refractivity contribution in [3.05, 3.63) is 12.7 Å². The van der Waals surface area contributed by atoms with Crippen LogP contribution in [0.1, 0.15) is 87.0 Å². The van der Waals surface area contributed by atoms with Gasteiger partial charge in [-0.3, -0.25) is 14.4 Å². The average molecular weight is 514 g/mol. The van der Waals surface area contributed by atoms with Gasteiger partial charge in [0.25, 0.3) is 0 Å². The Bertz CT molecular complexity index is 677. The molecule has 8 heteroatoms. The molecule has 0 heterocycles. The fourth-order valence-corrected chi connectivity index (χ4v) is 4.86. The number of hydrogen-bond donors (Lipinski definition) is 4. The van der Waals surface area contributed by atoms with Gasteiger partial charge in [-0.1, -0.05) is 47.6 Å². The van der Waals surface area contributed by atoms with Crippen LogP contribution in [0.25, 0.3) is 0 Å². The monoisotopic (exact) mass is 513 g/mol. The second kappa shape index (κ2) is 16.4. The number of carbonyl (C=O) groups is 3. The van der Waals surface area contributed by atoms with Gasteiger partial charge < -0.3 is 21.1 Å². The van der Waals surface area contributed by atoms with Crippen molar-refractivity contribution in [2.45, 2.75) is 109 Å². The second-order valence-corrected chi connectivity index (χ2v) is 11.2. The van der Waals surface area contributed by atoms with Crippen LogP contribution in [-0.2, 0) is 14.4 Å². The molecule has 35 heavy (non-hydrogen) atoms. The minimum Gasteiger partial charge on any atom is -0.481 e. The third kappa shape index (κ3) is 11.0. The van der Waals surface area contributed by atoms with Crippen LogP contribution in [0.15, 0.2) is 12.7 Å². The van der Waals surface area contributed by atoms with Crippen molar-refractivity contribution in [2.75, 3.05) is 19.3 Å². The zero-order chi connectivity index (χ0) is 27.2. The number of carbonyl (C=O) groups excluding carboxylic acids is 2. The smallest absolute Gasteiger partial charge is 0.306 e. The Kier molecular flexibility index (Phi) is 15.7. The minimum absolute atomic E-state index is 0.0491. The summed E-state index contributed by atoms with van der Waals surface area (Å²) < 4.78 is 0. The van der Waals surface area contributed by atoms with E-state index < -0.39 is 23.5 Å². The van der Waals surface area contributed by atoms with Crippen LogP contribution in [0.4, 0.5) is 0 Å². The molecule has 4 atom stereocenters. The van der Waals surface area contributed by atoms with E-state index in [-0.39, 0.29) is 30.2 Å². The molecule has 4 unspecified atom stereocenters. The van der Waals surface area contributed by atoms with Crippen molar-refractivity contribution in [2.24, 2.45) is 11.8 Å². The van der Waals surface area contributed by atoms with Gasteiger partial charge >= 0.3 is 5.97 Å². The molecule has 0 aromatic carbocycles. The molecular formula is C27H51N3O4S. The molecule has 0 aliphatic heterocycles. The van der Waals surface area contributed by atoms with Crippen LogP contribution in [0.2, 0.25) is 0 Å². The summed E-state index contributed by atoms with van der Waals surface area (Å²) in [6, 6.07) is -0.688. The Balaban J connectivity index is 5.35. The molecule has 7 nitrogen and oxygen atoms in total. The lowest BCUT2D eigenvalue weighted by molar-refractivity contribution is -0.142. The van der Waals surface area contributed by atoms with Crippen LogP contribution in [-0.4, -0.2) is 64.5 Å². The molecule has 1 amide bonds. The summed E-state index contributed by atoms with van der Waals surface area (Å²) >= 11 is 1.77. The van der Waals surface area contributed by atoms with E-state index >= 15 is 0 Å². The predicted molar refractivity (Wildman–Crippen MR) is 148 cm³/mol. The van der Waals surface area contributed by atoms with E-state index in [1.165, 1.54) is 0 Å². The number of carboxylic acid groups (broad SMARTS) is 1. The number of nitrogens with one attached hydrogen (secondary N) is 3. The van der Waals surface area contributed by atoms with Crippen molar-refractivity contribution < 1.29 is 19.5 Å². The van der Waals surface area contributed by atoms with E-state index in [2.05, 4.69) is 35.7 Å². The highest BCUT2D eigenvalue weighted by atomic mass is 32.2. The summed E-state index contributed by atoms with van der Waals surface area (Å²) in [4.78, 5) is 37.9. The first-order valence-electron chi connectivity index (χ1n) is 13.1. The van der Waals surface area contributed by atoms with E-state index in [1.54, 1.807) is 18.7 Å². The molecular weight excluding hydrogens is 462 g/mol. The molecule has 0 saturated carbocycles. The van der Waals surface area contributed by atoms with Crippen molar-refractivity contribution in [3.8, 4) is 0 Å². The Morgan fingerprint density at radius 1 is 1.03 bits per heavy atom. The molecule has 0 aromatic heterocycles. The number of hydrogen-bond acceptors (Lipinski definition) is 6. The van der Waals surface area contributed by atoms with Crippen molar-refractivity contribution in [3.63, 3.8) is 0 Å². The van der Waals surface area contributed by atoms with Crippen molar-refractivity contribution in [1.29, 1.82) is 0 Å². The Morgan fingerprint density at radius 3 is 2.03 bits per heavy atom. The molecule has 204 valence electrons. The number of amides is 1. The highest BCUT2D eigenvalue weighted by molar-refractivity contribution is 7.99. The molecule has 0 aliphatic rings. The van der Waals surface area contributed by atoms with E-state index in [9.17, 15) is 19.5 Å². The Morgan fingerprint density at radius 2 is 1.60 bits per heavy atom. The summed E-state index contributed by atoms with van der Waals surface area (Å²) in [7, 11) is 0. The average Bonchev–Trinajstić information content (AvgIpc) is 2.85. The predicted octanol–water partition coefficient (Wildman–Crippen LogP) is 4.41. The van der Waals surface area contributed by atoms with Crippen LogP contribution in [0, 0.1) is 11.8 Å². The lowest BCUT2D eigenvalue weighted by atomic mass is 9.86. The van der Waals surface area contributed by atoms with Gasteiger partial charge in [-0.15, -0.1) is 6.58 Å². The fraction of sp³-hybridized carbons (Fsp3) is 0.815. The quantitative estimate of drug-likeness (QED) is 0.179. The largest absolute Gasteiger partial charge is 0.481 e. The number of aliphatic carboxylic acids is 1. The molecule has 0 radical (unpaired) electrons. The third-order valence-corrected chi connectivity index (χ3v) is 8.55. The number of rotatable bonds is 20. The summed E-state index contributed by atoms with van der Waals surface area (Å²) in [5.74, 6) is -1.63. The number of Topliss-reactive ketones (excluding diaryl/α,β-unsaturated/α-hetero) is 1. The molecule has 0 bridgehead atoms.